The summed E-state index contributed by atoms with van der Waals surface area (Å²) >= 11 is 0. The first-order valence-electron chi connectivity index (χ1n) is 12.1. The van der Waals surface area contributed by atoms with Crippen LogP contribution in [0.1, 0.15) is 42.9 Å². The lowest BCUT2D eigenvalue weighted by molar-refractivity contribution is -0.138. The third kappa shape index (κ3) is 5.46. The normalized spacial score (nSPS) is 15.8. The van der Waals surface area contributed by atoms with Crippen LogP contribution in [0.15, 0.2) is 66.7 Å². The molecular weight excluding hydrogens is 456 g/mol. The van der Waals surface area contributed by atoms with Gasteiger partial charge in [0.05, 0.1) is 20.1 Å². The van der Waals surface area contributed by atoms with Gasteiger partial charge in [-0.25, -0.2) is 0 Å². The number of methoxy groups -OCH3 is 2. The maximum atomic E-state index is 13.2. The van der Waals surface area contributed by atoms with Crippen molar-refractivity contribution in [1.29, 1.82) is 0 Å². The third-order valence-corrected chi connectivity index (χ3v) is 6.43. The second-order valence-corrected chi connectivity index (χ2v) is 8.82. The van der Waals surface area contributed by atoms with Crippen molar-refractivity contribution in [3.8, 4) is 17.2 Å². The summed E-state index contributed by atoms with van der Waals surface area (Å²) in [5, 5.41) is 3.05. The van der Waals surface area contributed by atoms with Crippen LogP contribution in [-0.4, -0.2) is 37.0 Å². The first-order chi connectivity index (χ1) is 17.4. The number of rotatable bonds is 8. The molecule has 0 bridgehead atoms. The Morgan fingerprint density at radius 2 is 1.86 bits per heavy atom. The average molecular weight is 489 g/mol. The molecule has 1 aliphatic heterocycles. The van der Waals surface area contributed by atoms with Gasteiger partial charge in [-0.3, -0.25) is 9.59 Å². The molecular formula is C29H32N2O5. The van der Waals surface area contributed by atoms with Gasteiger partial charge in [0.15, 0.2) is 6.10 Å². The highest BCUT2D eigenvalue weighted by Gasteiger charge is 2.29. The number of carbonyl (C=O) groups excluding carboxylic acids is 2. The van der Waals surface area contributed by atoms with Crippen molar-refractivity contribution in [2.45, 2.75) is 45.4 Å². The molecule has 36 heavy (non-hydrogen) atoms. The lowest BCUT2D eigenvalue weighted by atomic mass is 9.95. The first-order valence-corrected chi connectivity index (χ1v) is 12.1. The van der Waals surface area contributed by atoms with E-state index in [9.17, 15) is 9.59 Å². The van der Waals surface area contributed by atoms with E-state index in [0.717, 1.165) is 16.7 Å². The van der Waals surface area contributed by atoms with E-state index >= 15 is 0 Å². The number of ether oxygens (including phenoxy) is 3. The number of amides is 2. The minimum atomic E-state index is -0.640. The van der Waals surface area contributed by atoms with Gasteiger partial charge in [0.2, 0.25) is 5.91 Å². The number of fused-ring (bicyclic) bond motifs is 1. The molecule has 0 saturated carbocycles. The Bertz CT molecular complexity index is 1230. The molecule has 4 rings (SSSR count). The van der Waals surface area contributed by atoms with Crippen LogP contribution in [-0.2, 0) is 22.7 Å². The van der Waals surface area contributed by atoms with E-state index in [-0.39, 0.29) is 17.7 Å². The number of nitrogens with zero attached hydrogens (tertiary/aromatic N) is 1. The van der Waals surface area contributed by atoms with Gasteiger partial charge in [-0.2, -0.15) is 0 Å². The van der Waals surface area contributed by atoms with Crippen molar-refractivity contribution in [3.05, 3.63) is 83.4 Å². The Hall–Kier alpha value is -4.00. The van der Waals surface area contributed by atoms with E-state index in [2.05, 4.69) is 5.32 Å². The van der Waals surface area contributed by atoms with E-state index in [1.165, 1.54) is 0 Å². The molecule has 188 valence electrons. The summed E-state index contributed by atoms with van der Waals surface area (Å²) in [6.45, 7) is 4.44. The monoisotopic (exact) mass is 488 g/mol. The number of benzene rings is 3. The first kappa shape index (κ1) is 25.1. The van der Waals surface area contributed by atoms with E-state index in [0.29, 0.717) is 42.4 Å². The highest BCUT2D eigenvalue weighted by Crippen LogP contribution is 2.32. The average Bonchev–Trinajstić information content (AvgIpc) is 3.01. The minimum Gasteiger partial charge on any atom is -0.497 e. The zero-order valence-corrected chi connectivity index (χ0v) is 21.1. The summed E-state index contributed by atoms with van der Waals surface area (Å²) in [4.78, 5) is 28.0. The second-order valence-electron chi connectivity index (χ2n) is 8.82. The molecule has 3 aromatic rings. The number of anilines is 1. The molecule has 1 aliphatic rings. The fraction of sp³-hybridized carbons (Fsp3) is 0.310. The Morgan fingerprint density at radius 1 is 1.08 bits per heavy atom. The van der Waals surface area contributed by atoms with Crippen molar-refractivity contribution in [2.24, 2.45) is 0 Å². The summed E-state index contributed by atoms with van der Waals surface area (Å²) in [7, 11) is 3.19. The van der Waals surface area contributed by atoms with Crippen LogP contribution in [0.3, 0.4) is 0 Å². The molecule has 1 N–H and O–H groups in total. The third-order valence-electron chi connectivity index (χ3n) is 6.43. The molecule has 7 heteroatoms. The highest BCUT2D eigenvalue weighted by atomic mass is 16.5. The number of hydrogen-bond acceptors (Lipinski definition) is 5. The molecule has 1 heterocycles. The van der Waals surface area contributed by atoms with Crippen molar-refractivity contribution in [1.82, 2.24) is 4.90 Å². The van der Waals surface area contributed by atoms with Gasteiger partial charge in [-0.1, -0.05) is 37.3 Å². The maximum Gasteiger partial charge on any atom is 0.263 e. The predicted octanol–water partition coefficient (Wildman–Crippen LogP) is 5.15. The number of hydrogen-bond donors (Lipinski definition) is 1. The Labute approximate surface area is 212 Å². The molecule has 3 aromatic carbocycles. The van der Waals surface area contributed by atoms with Crippen LogP contribution in [0, 0.1) is 0 Å². The summed E-state index contributed by atoms with van der Waals surface area (Å²) in [6, 6.07) is 20.8. The van der Waals surface area contributed by atoms with E-state index in [4.69, 9.17) is 14.2 Å². The van der Waals surface area contributed by atoms with Gasteiger partial charge in [0, 0.05) is 36.0 Å². The van der Waals surface area contributed by atoms with Crippen LogP contribution < -0.4 is 19.5 Å². The lowest BCUT2D eigenvalue weighted by Gasteiger charge is -2.23. The summed E-state index contributed by atoms with van der Waals surface area (Å²) < 4.78 is 16.8. The highest BCUT2D eigenvalue weighted by molar-refractivity contribution is 5.96. The number of nitrogens with one attached hydrogen (secondary N) is 1. The van der Waals surface area contributed by atoms with E-state index in [1.54, 1.807) is 32.1 Å². The fourth-order valence-corrected chi connectivity index (χ4v) is 4.49. The molecule has 0 fully saturated rings. The van der Waals surface area contributed by atoms with Crippen LogP contribution in [0.4, 0.5) is 5.69 Å². The predicted molar refractivity (Wildman–Crippen MR) is 138 cm³/mol. The Balaban J connectivity index is 1.57. The molecule has 0 radical (unpaired) electrons. The SMILES string of the molecule is CCC(C(=O)Nc1ccc2c(c1)CN(Cc1ccc(OC)cc1OC)C(=O)C(C)O2)c1ccccc1. The molecule has 0 aromatic heterocycles. The second kappa shape index (κ2) is 11.2. The quantitative estimate of drug-likeness (QED) is 0.475. The molecule has 7 nitrogen and oxygen atoms in total. The van der Waals surface area contributed by atoms with Crippen molar-refractivity contribution in [3.63, 3.8) is 0 Å². The Morgan fingerprint density at radius 3 is 2.56 bits per heavy atom. The van der Waals surface area contributed by atoms with Crippen LogP contribution >= 0.6 is 0 Å². The van der Waals surface area contributed by atoms with Gasteiger partial charge in [-0.05, 0) is 49.2 Å². The van der Waals surface area contributed by atoms with Crippen molar-refractivity contribution >= 4 is 17.5 Å². The maximum absolute atomic E-state index is 13.2. The topological polar surface area (TPSA) is 77.1 Å². The van der Waals surface area contributed by atoms with Crippen molar-refractivity contribution in [2.75, 3.05) is 19.5 Å². The largest absolute Gasteiger partial charge is 0.497 e. The summed E-state index contributed by atoms with van der Waals surface area (Å²) in [5.74, 6) is 1.52. The fourth-order valence-electron chi connectivity index (χ4n) is 4.49. The zero-order chi connectivity index (χ0) is 25.7. The van der Waals surface area contributed by atoms with E-state index < -0.39 is 6.10 Å². The van der Waals surface area contributed by atoms with Crippen molar-refractivity contribution < 1.29 is 23.8 Å². The molecule has 0 spiro atoms. The molecule has 0 saturated heterocycles. The standard InChI is InChI=1S/C29H32N2O5/c1-5-25(20-9-7-6-8-10-20)28(32)30-23-12-14-26-22(15-23)18-31(29(33)19(2)36-26)17-21-11-13-24(34-3)16-27(21)35-4/h6-16,19,25H,5,17-18H2,1-4H3,(H,30,32). The zero-order valence-electron chi connectivity index (χ0n) is 21.1. The summed E-state index contributed by atoms with van der Waals surface area (Å²) in [6.07, 6.45) is 0.0476. The van der Waals surface area contributed by atoms with Gasteiger partial charge >= 0.3 is 0 Å². The van der Waals surface area contributed by atoms with Crippen LogP contribution in [0.25, 0.3) is 0 Å². The van der Waals surface area contributed by atoms with Crippen LogP contribution in [0.5, 0.6) is 17.2 Å². The molecule has 2 unspecified atom stereocenters. The van der Waals surface area contributed by atoms with Gasteiger partial charge in [0.1, 0.15) is 17.2 Å². The van der Waals surface area contributed by atoms with E-state index in [1.807, 2.05) is 67.6 Å². The van der Waals surface area contributed by atoms with Gasteiger partial charge < -0.3 is 24.4 Å². The van der Waals surface area contributed by atoms with Gasteiger partial charge in [-0.15, -0.1) is 0 Å². The molecule has 2 atom stereocenters. The lowest BCUT2D eigenvalue weighted by Crippen LogP contribution is -2.37. The van der Waals surface area contributed by atoms with Crippen LogP contribution in [0.2, 0.25) is 0 Å². The molecule has 0 aliphatic carbocycles. The smallest absolute Gasteiger partial charge is 0.263 e. The minimum absolute atomic E-state index is 0.0672. The number of carbonyl (C=O) groups is 2. The summed E-state index contributed by atoms with van der Waals surface area (Å²) in [5.41, 5.74) is 3.33. The molecule has 2 amide bonds. The Kier molecular flexibility index (Phi) is 7.78. The van der Waals surface area contributed by atoms with Gasteiger partial charge in [0.25, 0.3) is 5.91 Å².